The van der Waals surface area contributed by atoms with Crippen molar-refractivity contribution in [1.82, 2.24) is 5.32 Å². The van der Waals surface area contributed by atoms with E-state index in [-0.39, 0.29) is 5.82 Å². The van der Waals surface area contributed by atoms with E-state index in [1.165, 1.54) is 24.8 Å². The summed E-state index contributed by atoms with van der Waals surface area (Å²) in [5.74, 6) is -0.107. The van der Waals surface area contributed by atoms with Gasteiger partial charge in [0.05, 0.1) is 0 Å². The maximum atomic E-state index is 13.0. The monoisotopic (exact) mass is 193 g/mol. The van der Waals surface area contributed by atoms with Gasteiger partial charge < -0.3 is 5.32 Å². The minimum Gasteiger partial charge on any atom is -0.310 e. The van der Waals surface area contributed by atoms with Crippen molar-refractivity contribution in [2.45, 2.75) is 32.2 Å². The molecule has 0 unspecified atom stereocenters. The summed E-state index contributed by atoms with van der Waals surface area (Å²) >= 11 is 0. The number of piperidine rings is 1. The van der Waals surface area contributed by atoms with Crippen LogP contribution in [0.5, 0.6) is 0 Å². The van der Waals surface area contributed by atoms with Crippen LogP contribution >= 0.6 is 0 Å². The fourth-order valence-electron chi connectivity index (χ4n) is 2.02. The van der Waals surface area contributed by atoms with E-state index in [0.717, 1.165) is 12.1 Å². The normalized spacial score (nSPS) is 22.3. The van der Waals surface area contributed by atoms with Crippen molar-refractivity contribution in [3.63, 3.8) is 0 Å². The molecule has 0 amide bonds. The van der Waals surface area contributed by atoms with Gasteiger partial charge in [-0.3, -0.25) is 0 Å². The Balaban J connectivity index is 2.18. The van der Waals surface area contributed by atoms with E-state index in [0.29, 0.717) is 6.04 Å². The topological polar surface area (TPSA) is 12.0 Å². The van der Waals surface area contributed by atoms with Crippen LogP contribution in [0, 0.1) is 12.7 Å². The van der Waals surface area contributed by atoms with Gasteiger partial charge >= 0.3 is 0 Å². The first-order valence-electron chi connectivity index (χ1n) is 5.27. The fourth-order valence-corrected chi connectivity index (χ4v) is 2.02. The van der Waals surface area contributed by atoms with Gasteiger partial charge in [-0.1, -0.05) is 18.6 Å². The van der Waals surface area contributed by atoms with Crippen LogP contribution in [0.4, 0.5) is 4.39 Å². The van der Waals surface area contributed by atoms with Crippen LogP contribution < -0.4 is 5.32 Å². The van der Waals surface area contributed by atoms with Crippen LogP contribution in [-0.2, 0) is 0 Å². The Morgan fingerprint density at radius 1 is 1.36 bits per heavy atom. The van der Waals surface area contributed by atoms with Crippen molar-refractivity contribution >= 4 is 0 Å². The summed E-state index contributed by atoms with van der Waals surface area (Å²) in [6.07, 6.45) is 3.70. The number of benzene rings is 1. The van der Waals surface area contributed by atoms with Crippen molar-refractivity contribution in [3.8, 4) is 0 Å². The quantitative estimate of drug-likeness (QED) is 0.723. The van der Waals surface area contributed by atoms with Crippen LogP contribution in [-0.4, -0.2) is 6.54 Å². The summed E-state index contributed by atoms with van der Waals surface area (Å²) in [6.45, 7) is 2.91. The van der Waals surface area contributed by atoms with Gasteiger partial charge in [-0.25, -0.2) is 4.39 Å². The zero-order valence-corrected chi connectivity index (χ0v) is 8.52. The minimum atomic E-state index is -0.107. The van der Waals surface area contributed by atoms with Crippen molar-refractivity contribution in [1.29, 1.82) is 0 Å². The molecule has 0 aliphatic carbocycles. The number of rotatable bonds is 1. The van der Waals surface area contributed by atoms with E-state index >= 15 is 0 Å². The van der Waals surface area contributed by atoms with Gasteiger partial charge in [-0.05, 0) is 43.5 Å². The molecule has 0 saturated carbocycles. The average molecular weight is 193 g/mol. The number of nitrogens with one attached hydrogen (secondary N) is 1. The van der Waals surface area contributed by atoms with Gasteiger partial charge in [0.15, 0.2) is 0 Å². The highest BCUT2D eigenvalue weighted by Gasteiger charge is 2.14. The first kappa shape index (κ1) is 9.66. The van der Waals surface area contributed by atoms with Crippen molar-refractivity contribution < 1.29 is 4.39 Å². The Bertz CT molecular complexity index is 316. The Labute approximate surface area is 84.3 Å². The summed E-state index contributed by atoms with van der Waals surface area (Å²) in [7, 11) is 0. The zero-order valence-electron chi connectivity index (χ0n) is 8.52. The summed E-state index contributed by atoms with van der Waals surface area (Å²) in [5.41, 5.74) is 1.97. The van der Waals surface area contributed by atoms with E-state index < -0.39 is 0 Å². The van der Waals surface area contributed by atoms with E-state index in [9.17, 15) is 4.39 Å². The highest BCUT2D eigenvalue weighted by atomic mass is 19.1. The number of hydrogen-bond acceptors (Lipinski definition) is 1. The molecule has 1 N–H and O–H groups in total. The third-order valence-electron chi connectivity index (χ3n) is 2.89. The van der Waals surface area contributed by atoms with Gasteiger partial charge in [0, 0.05) is 6.04 Å². The SMILES string of the molecule is Cc1cc([C@H]2CCCCN2)ccc1F. The lowest BCUT2D eigenvalue weighted by Crippen LogP contribution is -2.26. The van der Waals surface area contributed by atoms with E-state index in [2.05, 4.69) is 5.32 Å². The third-order valence-corrected chi connectivity index (χ3v) is 2.89. The fraction of sp³-hybridized carbons (Fsp3) is 0.500. The van der Waals surface area contributed by atoms with Crippen LogP contribution in [0.3, 0.4) is 0 Å². The van der Waals surface area contributed by atoms with Crippen LogP contribution in [0.25, 0.3) is 0 Å². The lowest BCUT2D eigenvalue weighted by molar-refractivity contribution is 0.411. The second kappa shape index (κ2) is 4.09. The molecule has 1 atom stereocenters. The molecule has 1 heterocycles. The van der Waals surface area contributed by atoms with E-state index in [4.69, 9.17) is 0 Å². The smallest absolute Gasteiger partial charge is 0.126 e. The summed E-state index contributed by atoms with van der Waals surface area (Å²) in [5, 5.41) is 3.46. The van der Waals surface area contributed by atoms with E-state index in [1.807, 2.05) is 19.1 Å². The molecule has 2 heteroatoms. The molecule has 1 aliphatic heterocycles. The summed E-state index contributed by atoms with van der Waals surface area (Å²) in [4.78, 5) is 0. The molecule has 1 fully saturated rings. The van der Waals surface area contributed by atoms with Crippen LogP contribution in [0.2, 0.25) is 0 Å². The van der Waals surface area contributed by atoms with E-state index in [1.54, 1.807) is 6.07 Å². The van der Waals surface area contributed by atoms with Crippen molar-refractivity contribution in [3.05, 3.63) is 35.1 Å². The number of halogens is 1. The van der Waals surface area contributed by atoms with Crippen molar-refractivity contribution in [2.75, 3.05) is 6.54 Å². The molecule has 76 valence electrons. The number of aryl methyl sites for hydroxylation is 1. The molecule has 0 spiro atoms. The molecule has 14 heavy (non-hydrogen) atoms. The molecule has 1 aromatic carbocycles. The Morgan fingerprint density at radius 3 is 2.86 bits per heavy atom. The van der Waals surface area contributed by atoms with Gasteiger partial charge in [0.25, 0.3) is 0 Å². The Hall–Kier alpha value is -0.890. The van der Waals surface area contributed by atoms with Crippen LogP contribution in [0.1, 0.15) is 36.4 Å². The molecule has 1 nitrogen and oxygen atoms in total. The molecule has 2 rings (SSSR count). The first-order chi connectivity index (χ1) is 6.77. The Kier molecular flexibility index (Phi) is 2.82. The van der Waals surface area contributed by atoms with Gasteiger partial charge in [0.1, 0.15) is 5.82 Å². The second-order valence-corrected chi connectivity index (χ2v) is 4.01. The lowest BCUT2D eigenvalue weighted by atomic mass is 9.96. The standard InChI is InChI=1S/C12H16FN/c1-9-8-10(5-6-11(9)13)12-4-2-3-7-14-12/h5-6,8,12,14H,2-4,7H2,1H3/t12-/m1/s1. The summed E-state index contributed by atoms with van der Waals surface area (Å²) in [6, 6.07) is 5.85. The molecular formula is C12H16FN. The van der Waals surface area contributed by atoms with Crippen molar-refractivity contribution in [2.24, 2.45) is 0 Å². The number of hydrogen-bond donors (Lipinski definition) is 1. The lowest BCUT2D eigenvalue weighted by Gasteiger charge is -2.24. The maximum Gasteiger partial charge on any atom is 0.126 e. The highest BCUT2D eigenvalue weighted by molar-refractivity contribution is 5.26. The molecule has 1 aliphatic rings. The van der Waals surface area contributed by atoms with Gasteiger partial charge in [0.2, 0.25) is 0 Å². The van der Waals surface area contributed by atoms with Crippen LogP contribution in [0.15, 0.2) is 18.2 Å². The second-order valence-electron chi connectivity index (χ2n) is 4.01. The van der Waals surface area contributed by atoms with Gasteiger partial charge in [-0.2, -0.15) is 0 Å². The average Bonchev–Trinajstić information content (AvgIpc) is 2.23. The molecule has 0 aromatic heterocycles. The third kappa shape index (κ3) is 1.95. The maximum absolute atomic E-state index is 13.0. The predicted molar refractivity (Wildman–Crippen MR) is 55.7 cm³/mol. The highest BCUT2D eigenvalue weighted by Crippen LogP contribution is 2.24. The molecular weight excluding hydrogens is 177 g/mol. The summed E-state index contributed by atoms with van der Waals surface area (Å²) < 4.78 is 13.0. The molecule has 0 radical (unpaired) electrons. The zero-order chi connectivity index (χ0) is 9.97. The molecule has 0 bridgehead atoms. The largest absolute Gasteiger partial charge is 0.310 e. The molecule has 1 saturated heterocycles. The van der Waals surface area contributed by atoms with Gasteiger partial charge in [-0.15, -0.1) is 0 Å². The first-order valence-corrected chi connectivity index (χ1v) is 5.27. The predicted octanol–water partition coefficient (Wildman–Crippen LogP) is 2.95. The molecule has 1 aromatic rings. The Morgan fingerprint density at radius 2 is 2.21 bits per heavy atom. The minimum absolute atomic E-state index is 0.107.